The second-order valence-corrected chi connectivity index (χ2v) is 10.4. The van der Waals surface area contributed by atoms with E-state index in [1.807, 2.05) is 26.0 Å². The molecule has 0 fully saturated rings. The number of fused-ring (bicyclic) bond motifs is 3. The van der Waals surface area contributed by atoms with Crippen molar-refractivity contribution in [3.8, 4) is 28.4 Å². The highest BCUT2D eigenvalue weighted by atomic mass is 16.5. The Balaban J connectivity index is 1.93. The van der Waals surface area contributed by atoms with Crippen molar-refractivity contribution in [1.82, 2.24) is 10.6 Å². The SMILES string of the molecule is COC(=O)C(NC(=O)CCCNc1ccc2c(cc1=O)C(NC(C)=O)CCc1cc(OC)c(OC)c(OC)c1-2)C(C)C. The number of benzene rings is 1. The van der Waals surface area contributed by atoms with E-state index in [0.717, 1.165) is 16.7 Å². The lowest BCUT2D eigenvalue weighted by Gasteiger charge is -2.19. The molecule has 3 rings (SSSR count). The topological polar surface area (TPSA) is 141 Å². The third kappa shape index (κ3) is 7.32. The Labute approximate surface area is 246 Å². The molecule has 228 valence electrons. The second-order valence-electron chi connectivity index (χ2n) is 10.4. The average Bonchev–Trinajstić information content (AvgIpc) is 3.20. The first kappa shape index (κ1) is 32.2. The monoisotopic (exact) mass is 583 g/mol. The molecule has 2 aromatic carbocycles. The van der Waals surface area contributed by atoms with Gasteiger partial charge in [-0.1, -0.05) is 19.9 Å². The Morgan fingerprint density at radius 3 is 2.31 bits per heavy atom. The molecule has 1 aliphatic rings. The predicted octanol–water partition coefficient (Wildman–Crippen LogP) is 3.37. The number of ether oxygens (including phenoxy) is 4. The third-order valence-electron chi connectivity index (χ3n) is 7.25. The van der Waals surface area contributed by atoms with Crippen LogP contribution in [0.4, 0.5) is 5.69 Å². The average molecular weight is 584 g/mol. The van der Waals surface area contributed by atoms with E-state index in [0.29, 0.717) is 54.3 Å². The van der Waals surface area contributed by atoms with E-state index >= 15 is 0 Å². The van der Waals surface area contributed by atoms with Crippen LogP contribution in [0.2, 0.25) is 0 Å². The highest BCUT2D eigenvalue weighted by Gasteiger charge is 2.29. The minimum atomic E-state index is -0.720. The molecule has 0 radical (unpaired) electrons. The normalized spacial score (nSPS) is 14.4. The van der Waals surface area contributed by atoms with E-state index in [9.17, 15) is 19.2 Å². The Morgan fingerprint density at radius 2 is 1.71 bits per heavy atom. The smallest absolute Gasteiger partial charge is 0.328 e. The van der Waals surface area contributed by atoms with E-state index in [2.05, 4.69) is 16.0 Å². The van der Waals surface area contributed by atoms with Gasteiger partial charge in [0.15, 0.2) is 11.5 Å². The molecule has 0 aromatic heterocycles. The molecule has 2 aromatic rings. The van der Waals surface area contributed by atoms with Crippen LogP contribution in [0.3, 0.4) is 0 Å². The largest absolute Gasteiger partial charge is 0.493 e. The zero-order valence-corrected chi connectivity index (χ0v) is 25.3. The van der Waals surface area contributed by atoms with Gasteiger partial charge in [-0.25, -0.2) is 4.79 Å². The summed E-state index contributed by atoms with van der Waals surface area (Å²) >= 11 is 0. The van der Waals surface area contributed by atoms with Crippen LogP contribution in [-0.2, 0) is 25.5 Å². The van der Waals surface area contributed by atoms with Crippen LogP contribution in [0.25, 0.3) is 11.1 Å². The summed E-state index contributed by atoms with van der Waals surface area (Å²) in [6.45, 7) is 5.45. The first-order valence-electron chi connectivity index (χ1n) is 13.9. The van der Waals surface area contributed by atoms with Gasteiger partial charge in [0, 0.05) is 25.5 Å². The number of hydrogen-bond acceptors (Lipinski definition) is 9. The first-order chi connectivity index (χ1) is 20.1. The van der Waals surface area contributed by atoms with Crippen LogP contribution >= 0.6 is 0 Å². The predicted molar refractivity (Wildman–Crippen MR) is 159 cm³/mol. The minimum Gasteiger partial charge on any atom is -0.493 e. The lowest BCUT2D eigenvalue weighted by Crippen LogP contribution is -2.45. The number of carbonyl (C=O) groups excluding carboxylic acids is 3. The number of esters is 1. The maximum absolute atomic E-state index is 13.4. The molecule has 2 unspecified atom stereocenters. The molecule has 0 saturated heterocycles. The number of methoxy groups -OCH3 is 4. The van der Waals surface area contributed by atoms with Gasteiger partial charge in [-0.05, 0) is 60.1 Å². The summed E-state index contributed by atoms with van der Waals surface area (Å²) in [5.41, 5.74) is 3.18. The first-order valence-corrected chi connectivity index (χ1v) is 13.9. The summed E-state index contributed by atoms with van der Waals surface area (Å²) in [7, 11) is 5.93. The van der Waals surface area contributed by atoms with Crippen LogP contribution in [0.5, 0.6) is 17.2 Å². The summed E-state index contributed by atoms with van der Waals surface area (Å²) in [4.78, 5) is 49.9. The Morgan fingerprint density at radius 1 is 1.00 bits per heavy atom. The maximum atomic E-state index is 13.4. The summed E-state index contributed by atoms with van der Waals surface area (Å²) in [5, 5.41) is 8.84. The van der Waals surface area contributed by atoms with Gasteiger partial charge in [0.05, 0.1) is 40.2 Å². The van der Waals surface area contributed by atoms with Gasteiger partial charge in [-0.3, -0.25) is 14.4 Å². The highest BCUT2D eigenvalue weighted by molar-refractivity contribution is 5.85. The molecule has 0 bridgehead atoms. The molecule has 2 atom stereocenters. The number of amides is 2. The molecule has 11 nitrogen and oxygen atoms in total. The standard InChI is InChI=1S/C31H41N3O8/c1-17(2)28(31(38)42-7)34-26(37)9-8-14-32-23-13-11-20-21(16-24(23)36)22(33-18(3)35)12-10-19-15-25(39-4)29(40-5)30(41-6)27(19)20/h11,13,15-17,22,28H,8-10,12,14H2,1-7H3,(H,32,36)(H,33,35)(H,34,37). The van der Waals surface area contributed by atoms with Gasteiger partial charge < -0.3 is 34.9 Å². The number of aryl methyl sites for hydroxylation is 1. The van der Waals surface area contributed by atoms with Crippen molar-refractivity contribution in [1.29, 1.82) is 0 Å². The van der Waals surface area contributed by atoms with Gasteiger partial charge in [-0.2, -0.15) is 0 Å². The van der Waals surface area contributed by atoms with Crippen LogP contribution in [0.15, 0.2) is 29.1 Å². The summed E-state index contributed by atoms with van der Waals surface area (Å²) in [6.07, 6.45) is 1.75. The highest BCUT2D eigenvalue weighted by Crippen LogP contribution is 2.50. The number of nitrogens with one attached hydrogen (secondary N) is 3. The number of carbonyl (C=O) groups is 3. The van der Waals surface area contributed by atoms with E-state index in [-0.39, 0.29) is 29.6 Å². The minimum absolute atomic E-state index is 0.117. The molecule has 1 aliphatic carbocycles. The van der Waals surface area contributed by atoms with Crippen molar-refractivity contribution in [2.24, 2.45) is 5.92 Å². The quantitative estimate of drug-likeness (QED) is 0.253. The number of hydrogen-bond donors (Lipinski definition) is 3. The molecule has 2 amide bonds. The Bertz CT molecular complexity index is 1370. The zero-order valence-electron chi connectivity index (χ0n) is 25.3. The van der Waals surface area contributed by atoms with E-state index in [1.165, 1.54) is 21.1 Å². The lowest BCUT2D eigenvalue weighted by atomic mass is 9.95. The molecule has 11 heteroatoms. The fourth-order valence-electron chi connectivity index (χ4n) is 5.20. The molecule has 3 N–H and O–H groups in total. The van der Waals surface area contributed by atoms with E-state index in [1.54, 1.807) is 26.4 Å². The Kier molecular flexibility index (Phi) is 11.2. The van der Waals surface area contributed by atoms with Crippen LogP contribution < -0.4 is 35.6 Å². The number of anilines is 1. The van der Waals surface area contributed by atoms with Gasteiger partial charge in [0.25, 0.3) is 0 Å². The lowest BCUT2D eigenvalue weighted by molar-refractivity contribution is -0.146. The van der Waals surface area contributed by atoms with E-state index < -0.39 is 18.1 Å². The molecule has 0 saturated carbocycles. The molecule has 0 heterocycles. The summed E-state index contributed by atoms with van der Waals surface area (Å²) in [5.74, 6) is 0.336. The van der Waals surface area contributed by atoms with Gasteiger partial charge in [0.1, 0.15) is 6.04 Å². The van der Waals surface area contributed by atoms with Crippen molar-refractivity contribution >= 4 is 23.5 Å². The number of rotatable bonds is 12. The van der Waals surface area contributed by atoms with Gasteiger partial charge in [0.2, 0.25) is 23.0 Å². The Hall–Kier alpha value is -4.28. The van der Waals surface area contributed by atoms with Crippen LogP contribution in [0, 0.1) is 5.92 Å². The van der Waals surface area contributed by atoms with Crippen molar-refractivity contribution in [3.63, 3.8) is 0 Å². The van der Waals surface area contributed by atoms with Crippen molar-refractivity contribution in [3.05, 3.63) is 45.6 Å². The van der Waals surface area contributed by atoms with Crippen molar-refractivity contribution in [2.45, 2.75) is 58.5 Å². The third-order valence-corrected chi connectivity index (χ3v) is 7.25. The zero-order chi connectivity index (χ0) is 31.0. The van der Waals surface area contributed by atoms with E-state index in [4.69, 9.17) is 18.9 Å². The molecule has 42 heavy (non-hydrogen) atoms. The fourth-order valence-corrected chi connectivity index (χ4v) is 5.20. The van der Waals surface area contributed by atoms with Gasteiger partial charge >= 0.3 is 5.97 Å². The van der Waals surface area contributed by atoms with Crippen molar-refractivity contribution < 1.29 is 33.3 Å². The maximum Gasteiger partial charge on any atom is 0.328 e. The van der Waals surface area contributed by atoms with Crippen molar-refractivity contribution in [2.75, 3.05) is 40.3 Å². The van der Waals surface area contributed by atoms with Gasteiger partial charge in [-0.15, -0.1) is 0 Å². The summed E-state index contributed by atoms with van der Waals surface area (Å²) in [6, 6.07) is 5.84. The molecular formula is C31H41N3O8. The molecular weight excluding hydrogens is 542 g/mol. The fraction of sp³-hybridized carbons (Fsp3) is 0.484. The molecule has 0 aliphatic heterocycles. The summed E-state index contributed by atoms with van der Waals surface area (Å²) < 4.78 is 21.8. The van der Waals surface area contributed by atoms with Crippen LogP contribution in [0.1, 0.15) is 57.2 Å². The second kappa shape index (κ2) is 14.6. The molecule has 0 spiro atoms. The van der Waals surface area contributed by atoms with Crippen LogP contribution in [-0.4, -0.2) is 58.8 Å².